The molecule has 166 valence electrons. The minimum atomic E-state index is -4.02. The molecule has 3 aromatic rings. The predicted octanol–water partition coefficient (Wildman–Crippen LogP) is 3.87. The molecule has 0 radical (unpaired) electrons. The fourth-order valence-corrected chi connectivity index (χ4v) is 4.13. The van der Waals surface area contributed by atoms with Crippen LogP contribution in [0.5, 0.6) is 5.75 Å². The standard InChI is InChI=1S/C23H20ClNO6S/c1-30-21-12-9-18(23(27)31-15-20(26)17-5-3-2-4-6-17)13-22(21)32(28,29)25-14-16-7-10-19(24)11-8-16/h2-13,25H,14-15H2,1H3. The second kappa shape index (κ2) is 10.4. The van der Waals surface area contributed by atoms with Crippen LogP contribution in [0, 0.1) is 0 Å². The van der Waals surface area contributed by atoms with Gasteiger partial charge in [0.1, 0.15) is 10.6 Å². The predicted molar refractivity (Wildman–Crippen MR) is 120 cm³/mol. The SMILES string of the molecule is COc1ccc(C(=O)OCC(=O)c2ccccc2)cc1S(=O)(=O)NCc1ccc(Cl)cc1. The highest BCUT2D eigenvalue weighted by Crippen LogP contribution is 2.25. The van der Waals surface area contributed by atoms with Gasteiger partial charge in [-0.2, -0.15) is 0 Å². The molecule has 3 aromatic carbocycles. The molecular weight excluding hydrogens is 454 g/mol. The third-order valence-electron chi connectivity index (χ3n) is 4.50. The number of nitrogens with one attached hydrogen (secondary N) is 1. The molecule has 0 bridgehead atoms. The zero-order chi connectivity index (χ0) is 23.1. The third-order valence-corrected chi connectivity index (χ3v) is 6.17. The number of hydrogen-bond donors (Lipinski definition) is 1. The van der Waals surface area contributed by atoms with Gasteiger partial charge in [-0.15, -0.1) is 0 Å². The molecule has 0 atom stereocenters. The second-order valence-electron chi connectivity index (χ2n) is 6.68. The average molecular weight is 474 g/mol. The van der Waals surface area contributed by atoms with Crippen molar-refractivity contribution in [3.8, 4) is 5.75 Å². The molecule has 0 unspecified atom stereocenters. The lowest BCUT2D eigenvalue weighted by Gasteiger charge is -2.12. The van der Waals surface area contributed by atoms with Gasteiger partial charge in [0, 0.05) is 17.1 Å². The summed E-state index contributed by atoms with van der Waals surface area (Å²) in [4.78, 5) is 24.3. The van der Waals surface area contributed by atoms with Gasteiger partial charge in [0.15, 0.2) is 12.4 Å². The zero-order valence-corrected chi connectivity index (χ0v) is 18.7. The molecule has 3 rings (SSSR count). The van der Waals surface area contributed by atoms with E-state index in [0.29, 0.717) is 16.1 Å². The summed E-state index contributed by atoms with van der Waals surface area (Å²) in [5.41, 5.74) is 1.08. The molecule has 0 spiro atoms. The Labute approximate surface area is 191 Å². The molecule has 0 amide bonds. The van der Waals surface area contributed by atoms with Crippen LogP contribution >= 0.6 is 11.6 Å². The quantitative estimate of drug-likeness (QED) is 0.374. The first kappa shape index (κ1) is 23.5. The monoisotopic (exact) mass is 473 g/mol. The number of rotatable bonds is 9. The summed E-state index contributed by atoms with van der Waals surface area (Å²) in [6.45, 7) is -0.450. The Morgan fingerprint density at radius 3 is 2.28 bits per heavy atom. The maximum atomic E-state index is 12.9. The van der Waals surface area contributed by atoms with Gasteiger partial charge in [-0.05, 0) is 35.9 Å². The van der Waals surface area contributed by atoms with Gasteiger partial charge in [0.2, 0.25) is 10.0 Å². The molecule has 32 heavy (non-hydrogen) atoms. The van der Waals surface area contributed by atoms with Gasteiger partial charge in [-0.25, -0.2) is 17.9 Å². The number of ether oxygens (including phenoxy) is 2. The number of ketones is 1. The number of Topliss-reactive ketones (excluding diaryl/α,β-unsaturated/α-hetero) is 1. The van der Waals surface area contributed by atoms with E-state index in [9.17, 15) is 18.0 Å². The first-order chi connectivity index (χ1) is 15.3. The number of hydrogen-bond acceptors (Lipinski definition) is 6. The number of methoxy groups -OCH3 is 1. The van der Waals surface area contributed by atoms with E-state index in [1.54, 1.807) is 54.6 Å². The van der Waals surface area contributed by atoms with Crippen molar-refractivity contribution in [1.29, 1.82) is 0 Å². The smallest absolute Gasteiger partial charge is 0.338 e. The van der Waals surface area contributed by atoms with E-state index in [2.05, 4.69) is 4.72 Å². The zero-order valence-electron chi connectivity index (χ0n) is 17.1. The molecule has 0 aliphatic heterocycles. The topological polar surface area (TPSA) is 98.8 Å². The van der Waals surface area contributed by atoms with E-state index in [-0.39, 0.29) is 28.5 Å². The van der Waals surface area contributed by atoms with Crippen molar-refractivity contribution < 1.29 is 27.5 Å². The van der Waals surface area contributed by atoms with E-state index >= 15 is 0 Å². The van der Waals surface area contributed by atoms with E-state index in [1.165, 1.54) is 19.2 Å². The van der Waals surface area contributed by atoms with Crippen molar-refractivity contribution in [1.82, 2.24) is 4.72 Å². The Morgan fingerprint density at radius 1 is 0.938 bits per heavy atom. The van der Waals surface area contributed by atoms with E-state index in [1.807, 2.05) is 0 Å². The average Bonchev–Trinajstić information content (AvgIpc) is 2.82. The van der Waals surface area contributed by atoms with Crippen LogP contribution in [0.25, 0.3) is 0 Å². The summed E-state index contributed by atoms with van der Waals surface area (Å²) in [7, 11) is -2.70. The maximum absolute atomic E-state index is 12.9. The molecule has 7 nitrogen and oxygen atoms in total. The Morgan fingerprint density at radius 2 is 1.62 bits per heavy atom. The molecule has 0 aliphatic rings. The van der Waals surface area contributed by atoms with Crippen LogP contribution in [0.3, 0.4) is 0 Å². The van der Waals surface area contributed by atoms with Crippen molar-refractivity contribution in [3.05, 3.63) is 94.5 Å². The molecule has 0 saturated heterocycles. The van der Waals surface area contributed by atoms with Crippen LogP contribution in [0.15, 0.2) is 77.7 Å². The summed E-state index contributed by atoms with van der Waals surface area (Å²) in [6.07, 6.45) is 0. The van der Waals surface area contributed by atoms with Crippen molar-refractivity contribution in [2.24, 2.45) is 0 Å². The molecular formula is C23H20ClNO6S. The Bertz CT molecular complexity index is 1210. The van der Waals surface area contributed by atoms with Gasteiger partial charge in [-0.1, -0.05) is 54.1 Å². The highest BCUT2D eigenvalue weighted by Gasteiger charge is 2.22. The summed E-state index contributed by atoms with van der Waals surface area (Å²) >= 11 is 5.84. The third kappa shape index (κ3) is 5.94. The Hall–Kier alpha value is -3.20. The minimum absolute atomic E-state index is 0.0168. The largest absolute Gasteiger partial charge is 0.495 e. The lowest BCUT2D eigenvalue weighted by atomic mass is 10.1. The van der Waals surface area contributed by atoms with Crippen LogP contribution in [0.2, 0.25) is 5.02 Å². The number of carbonyl (C=O) groups excluding carboxylic acids is 2. The Balaban J connectivity index is 1.74. The molecule has 0 saturated carbocycles. The summed E-state index contributed by atoms with van der Waals surface area (Å²) in [6, 6.07) is 19.0. The fraction of sp³-hybridized carbons (Fsp3) is 0.130. The van der Waals surface area contributed by atoms with Gasteiger partial charge < -0.3 is 9.47 Å². The molecule has 0 aliphatic carbocycles. The van der Waals surface area contributed by atoms with Crippen molar-refractivity contribution in [2.45, 2.75) is 11.4 Å². The number of sulfonamides is 1. The normalized spacial score (nSPS) is 11.1. The van der Waals surface area contributed by atoms with E-state index < -0.39 is 22.6 Å². The number of esters is 1. The summed E-state index contributed by atoms with van der Waals surface area (Å²) < 4.78 is 38.4. The van der Waals surface area contributed by atoms with Crippen LogP contribution in [-0.4, -0.2) is 33.9 Å². The second-order valence-corrected chi connectivity index (χ2v) is 8.85. The van der Waals surface area contributed by atoms with Crippen LogP contribution < -0.4 is 9.46 Å². The minimum Gasteiger partial charge on any atom is -0.495 e. The molecule has 1 N–H and O–H groups in total. The van der Waals surface area contributed by atoms with Crippen molar-refractivity contribution >= 4 is 33.4 Å². The highest BCUT2D eigenvalue weighted by molar-refractivity contribution is 7.89. The van der Waals surface area contributed by atoms with Gasteiger partial charge in [0.25, 0.3) is 0 Å². The first-order valence-corrected chi connectivity index (χ1v) is 11.3. The van der Waals surface area contributed by atoms with Crippen molar-refractivity contribution in [3.63, 3.8) is 0 Å². The first-order valence-electron chi connectivity index (χ1n) is 9.47. The lowest BCUT2D eigenvalue weighted by molar-refractivity contribution is 0.0474. The van der Waals surface area contributed by atoms with Gasteiger partial charge >= 0.3 is 5.97 Å². The van der Waals surface area contributed by atoms with Crippen LogP contribution in [0.1, 0.15) is 26.3 Å². The highest BCUT2D eigenvalue weighted by atomic mass is 35.5. The van der Waals surface area contributed by atoms with Gasteiger partial charge in [-0.3, -0.25) is 4.79 Å². The maximum Gasteiger partial charge on any atom is 0.338 e. The summed E-state index contributed by atoms with van der Waals surface area (Å²) in [5.74, 6) is -1.14. The molecule has 0 fully saturated rings. The van der Waals surface area contributed by atoms with E-state index in [0.717, 1.165) is 6.07 Å². The summed E-state index contributed by atoms with van der Waals surface area (Å²) in [5, 5.41) is 0.537. The number of carbonyl (C=O) groups is 2. The number of benzene rings is 3. The molecule has 9 heteroatoms. The van der Waals surface area contributed by atoms with Crippen LogP contribution in [0.4, 0.5) is 0 Å². The van der Waals surface area contributed by atoms with Crippen molar-refractivity contribution in [2.75, 3.05) is 13.7 Å². The number of halogens is 1. The molecule has 0 aromatic heterocycles. The Kier molecular flexibility index (Phi) is 7.63. The fourth-order valence-electron chi connectivity index (χ4n) is 2.79. The van der Waals surface area contributed by atoms with Crippen LogP contribution in [-0.2, 0) is 21.3 Å². The van der Waals surface area contributed by atoms with E-state index in [4.69, 9.17) is 21.1 Å². The van der Waals surface area contributed by atoms with Gasteiger partial charge in [0.05, 0.1) is 12.7 Å². The lowest BCUT2D eigenvalue weighted by Crippen LogP contribution is -2.24. The molecule has 0 heterocycles.